The number of hydrogen-bond acceptors (Lipinski definition) is 5. The van der Waals surface area contributed by atoms with E-state index in [9.17, 15) is 22.8 Å². The van der Waals surface area contributed by atoms with Gasteiger partial charge in [-0.15, -0.1) is 13.2 Å². The van der Waals surface area contributed by atoms with Gasteiger partial charge >= 0.3 is 6.36 Å². The minimum absolute atomic E-state index is 0.0393. The molecule has 1 fully saturated rings. The Balaban J connectivity index is 1.70. The van der Waals surface area contributed by atoms with Crippen molar-refractivity contribution in [2.75, 3.05) is 5.32 Å². The highest BCUT2D eigenvalue weighted by Gasteiger charge is 2.31. The van der Waals surface area contributed by atoms with Crippen LogP contribution >= 0.6 is 0 Å². The van der Waals surface area contributed by atoms with E-state index < -0.39 is 18.3 Å². The van der Waals surface area contributed by atoms with Crippen LogP contribution in [0.3, 0.4) is 0 Å². The number of carbonyl (C=O) groups excluding carboxylic acids is 2. The van der Waals surface area contributed by atoms with Crippen LogP contribution in [0.25, 0.3) is 0 Å². The van der Waals surface area contributed by atoms with Crippen LogP contribution in [0.15, 0.2) is 30.3 Å². The van der Waals surface area contributed by atoms with E-state index in [2.05, 4.69) is 25.3 Å². The quantitative estimate of drug-likeness (QED) is 0.763. The van der Waals surface area contributed by atoms with E-state index in [0.29, 0.717) is 11.3 Å². The van der Waals surface area contributed by atoms with E-state index in [1.165, 1.54) is 24.3 Å². The van der Waals surface area contributed by atoms with Crippen LogP contribution in [0.1, 0.15) is 47.6 Å². The van der Waals surface area contributed by atoms with Crippen molar-refractivity contribution in [2.24, 2.45) is 5.92 Å². The third-order valence-corrected chi connectivity index (χ3v) is 4.21. The highest BCUT2D eigenvalue weighted by molar-refractivity contribution is 5.95. The molecular formula is C19H19F3N4O3. The molecule has 1 aliphatic carbocycles. The third-order valence-electron chi connectivity index (χ3n) is 4.21. The number of carbonyl (C=O) groups is 2. The van der Waals surface area contributed by atoms with E-state index in [4.69, 9.17) is 0 Å². The zero-order valence-electron chi connectivity index (χ0n) is 15.7. The molecule has 0 saturated heterocycles. The molecule has 0 aliphatic heterocycles. The minimum atomic E-state index is -4.80. The fourth-order valence-electron chi connectivity index (χ4n) is 2.63. The molecule has 0 spiro atoms. The Hall–Kier alpha value is -3.17. The van der Waals surface area contributed by atoms with Gasteiger partial charge in [0.25, 0.3) is 5.91 Å². The van der Waals surface area contributed by atoms with Crippen LogP contribution in [-0.2, 0) is 4.79 Å². The molecular weight excluding hydrogens is 389 g/mol. The third kappa shape index (κ3) is 5.90. The summed E-state index contributed by atoms with van der Waals surface area (Å²) in [5.74, 6) is -1.11. The SMILES string of the molecule is Cc1cc(C(=O)NC(C)c2cccc(OC(F)(F)F)c2)nc(NC(=O)C2CC2)n1. The number of aryl methyl sites for hydroxylation is 1. The lowest BCUT2D eigenvalue weighted by atomic mass is 10.1. The Morgan fingerprint density at radius 3 is 2.59 bits per heavy atom. The molecule has 1 saturated carbocycles. The van der Waals surface area contributed by atoms with E-state index in [-0.39, 0.29) is 29.2 Å². The van der Waals surface area contributed by atoms with Gasteiger partial charge in [-0.05, 0) is 50.5 Å². The number of ether oxygens (including phenoxy) is 1. The summed E-state index contributed by atoms with van der Waals surface area (Å²) in [5.41, 5.74) is 0.954. The average Bonchev–Trinajstić information content (AvgIpc) is 3.45. The molecule has 2 aromatic rings. The van der Waals surface area contributed by atoms with Crippen LogP contribution in [0.4, 0.5) is 19.1 Å². The van der Waals surface area contributed by atoms with Gasteiger partial charge in [-0.3, -0.25) is 14.9 Å². The van der Waals surface area contributed by atoms with Crippen molar-refractivity contribution >= 4 is 17.8 Å². The number of aromatic nitrogens is 2. The number of nitrogens with zero attached hydrogens (tertiary/aromatic N) is 2. The van der Waals surface area contributed by atoms with Crippen molar-refractivity contribution in [2.45, 2.75) is 39.1 Å². The zero-order chi connectivity index (χ0) is 21.2. The molecule has 1 unspecified atom stereocenters. The summed E-state index contributed by atoms with van der Waals surface area (Å²) in [7, 11) is 0. The first-order valence-electron chi connectivity index (χ1n) is 8.94. The highest BCUT2D eigenvalue weighted by Crippen LogP contribution is 2.30. The Labute approximate surface area is 164 Å². The van der Waals surface area contributed by atoms with Crippen molar-refractivity contribution < 1.29 is 27.5 Å². The van der Waals surface area contributed by atoms with Gasteiger partial charge in [0.05, 0.1) is 6.04 Å². The fourth-order valence-corrected chi connectivity index (χ4v) is 2.63. The van der Waals surface area contributed by atoms with Crippen molar-refractivity contribution in [3.8, 4) is 5.75 Å². The number of rotatable bonds is 6. The zero-order valence-corrected chi connectivity index (χ0v) is 15.7. The lowest BCUT2D eigenvalue weighted by molar-refractivity contribution is -0.274. The molecule has 1 aliphatic rings. The second-order valence-electron chi connectivity index (χ2n) is 6.80. The number of amides is 2. The molecule has 154 valence electrons. The van der Waals surface area contributed by atoms with Gasteiger partial charge in [-0.2, -0.15) is 0 Å². The number of nitrogens with one attached hydrogen (secondary N) is 2. The Bertz CT molecular complexity index is 929. The van der Waals surface area contributed by atoms with Crippen LogP contribution in [-0.4, -0.2) is 28.1 Å². The standard InChI is InChI=1S/C19H19F3N4O3/c1-10-8-15(25-18(23-10)26-16(27)12-6-7-12)17(28)24-11(2)13-4-3-5-14(9-13)29-19(20,21)22/h3-5,8-9,11-12H,6-7H2,1-2H3,(H,24,28)(H,23,25,26,27). The van der Waals surface area contributed by atoms with Crippen LogP contribution in [0.5, 0.6) is 5.75 Å². The monoisotopic (exact) mass is 408 g/mol. The fraction of sp³-hybridized carbons (Fsp3) is 0.368. The van der Waals surface area contributed by atoms with Gasteiger partial charge in [0.2, 0.25) is 11.9 Å². The molecule has 7 nitrogen and oxygen atoms in total. The molecule has 1 heterocycles. The maximum absolute atomic E-state index is 12.6. The normalized spacial score (nSPS) is 14.8. The maximum atomic E-state index is 12.6. The molecule has 3 rings (SSSR count). The summed E-state index contributed by atoms with van der Waals surface area (Å²) in [6.45, 7) is 3.28. The molecule has 1 aromatic carbocycles. The largest absolute Gasteiger partial charge is 0.573 e. The summed E-state index contributed by atoms with van der Waals surface area (Å²) in [4.78, 5) is 32.6. The summed E-state index contributed by atoms with van der Waals surface area (Å²) in [6, 6.07) is 6.19. The lowest BCUT2D eigenvalue weighted by Crippen LogP contribution is -2.28. The van der Waals surface area contributed by atoms with Crippen molar-refractivity contribution in [3.05, 3.63) is 47.3 Å². The molecule has 29 heavy (non-hydrogen) atoms. The number of hydrogen-bond donors (Lipinski definition) is 2. The lowest BCUT2D eigenvalue weighted by Gasteiger charge is -2.16. The first kappa shape index (κ1) is 20.6. The smallest absolute Gasteiger partial charge is 0.406 e. The first-order chi connectivity index (χ1) is 13.6. The maximum Gasteiger partial charge on any atom is 0.573 e. The van der Waals surface area contributed by atoms with Gasteiger partial charge in [-0.1, -0.05) is 12.1 Å². The second-order valence-corrected chi connectivity index (χ2v) is 6.80. The van der Waals surface area contributed by atoms with Gasteiger partial charge in [0.15, 0.2) is 0 Å². The predicted octanol–water partition coefficient (Wildman–Crippen LogP) is 3.52. The first-order valence-corrected chi connectivity index (χ1v) is 8.94. The molecule has 2 N–H and O–H groups in total. The van der Waals surface area contributed by atoms with Gasteiger partial charge in [-0.25, -0.2) is 9.97 Å². The van der Waals surface area contributed by atoms with Gasteiger partial charge in [0.1, 0.15) is 11.4 Å². The molecule has 0 bridgehead atoms. The van der Waals surface area contributed by atoms with Crippen molar-refractivity contribution in [3.63, 3.8) is 0 Å². The Kier molecular flexibility index (Phi) is 5.71. The molecule has 1 aromatic heterocycles. The van der Waals surface area contributed by atoms with Crippen LogP contribution in [0, 0.1) is 12.8 Å². The van der Waals surface area contributed by atoms with Crippen molar-refractivity contribution in [1.29, 1.82) is 0 Å². The average molecular weight is 408 g/mol. The molecule has 0 radical (unpaired) electrons. The van der Waals surface area contributed by atoms with E-state index in [1.807, 2.05) is 0 Å². The predicted molar refractivity (Wildman–Crippen MR) is 97.1 cm³/mol. The summed E-state index contributed by atoms with van der Waals surface area (Å²) >= 11 is 0. The van der Waals surface area contributed by atoms with Crippen LogP contribution in [0.2, 0.25) is 0 Å². The van der Waals surface area contributed by atoms with E-state index >= 15 is 0 Å². The summed E-state index contributed by atoms with van der Waals surface area (Å²) < 4.78 is 41.1. The summed E-state index contributed by atoms with van der Waals surface area (Å²) in [6.07, 6.45) is -3.16. The summed E-state index contributed by atoms with van der Waals surface area (Å²) in [5, 5.41) is 5.26. The second kappa shape index (κ2) is 8.06. The molecule has 10 heteroatoms. The van der Waals surface area contributed by atoms with Gasteiger partial charge < -0.3 is 10.1 Å². The Morgan fingerprint density at radius 1 is 1.21 bits per heavy atom. The Morgan fingerprint density at radius 2 is 1.93 bits per heavy atom. The molecule has 2 amide bonds. The van der Waals surface area contributed by atoms with E-state index in [0.717, 1.165) is 12.8 Å². The number of halogens is 3. The van der Waals surface area contributed by atoms with Crippen molar-refractivity contribution in [1.82, 2.24) is 15.3 Å². The number of alkyl halides is 3. The van der Waals surface area contributed by atoms with Gasteiger partial charge in [0, 0.05) is 11.6 Å². The highest BCUT2D eigenvalue weighted by atomic mass is 19.4. The van der Waals surface area contributed by atoms with E-state index in [1.54, 1.807) is 19.9 Å². The van der Waals surface area contributed by atoms with Crippen LogP contribution < -0.4 is 15.4 Å². The number of benzene rings is 1. The number of anilines is 1. The molecule has 1 atom stereocenters. The topological polar surface area (TPSA) is 93.2 Å². The minimum Gasteiger partial charge on any atom is -0.406 e.